The number of hydrogen-bond donors (Lipinski definition) is 1. The molecule has 0 radical (unpaired) electrons. The molecule has 0 spiro atoms. The van der Waals surface area contributed by atoms with Gasteiger partial charge in [0, 0.05) is 4.47 Å². The topological polar surface area (TPSA) is 74.7 Å². The van der Waals surface area contributed by atoms with Crippen molar-refractivity contribution in [2.24, 2.45) is 5.92 Å². The van der Waals surface area contributed by atoms with E-state index in [2.05, 4.69) is 15.9 Å². The van der Waals surface area contributed by atoms with Gasteiger partial charge in [0.15, 0.2) is 0 Å². The van der Waals surface area contributed by atoms with Crippen LogP contribution in [0.4, 0.5) is 5.69 Å². The monoisotopic (exact) mass is 339 g/mol. The highest BCUT2D eigenvalue weighted by atomic mass is 79.9. The van der Waals surface area contributed by atoms with E-state index >= 15 is 0 Å². The molecule has 1 aromatic rings. The van der Waals surface area contributed by atoms with Crippen molar-refractivity contribution in [3.05, 3.63) is 28.2 Å². The average molecular weight is 340 g/mol. The summed E-state index contributed by atoms with van der Waals surface area (Å²) < 4.78 is 0.676. The molecule has 0 aromatic heterocycles. The first-order valence-corrected chi connectivity index (χ1v) is 7.02. The molecule has 1 N–H and O–H groups in total. The molecule has 0 saturated carbocycles. The maximum atomic E-state index is 12.1. The van der Waals surface area contributed by atoms with Crippen molar-refractivity contribution in [3.8, 4) is 0 Å². The Hall–Kier alpha value is -1.69. The smallest absolute Gasteiger partial charge is 0.326 e. The molecule has 2 rings (SSSR count). The molecule has 0 bridgehead atoms. The average Bonchev–Trinajstić information content (AvgIpc) is 2.59. The van der Waals surface area contributed by atoms with Crippen LogP contribution in [0.5, 0.6) is 0 Å². The zero-order chi connectivity index (χ0) is 15.0. The largest absolute Gasteiger partial charge is 0.480 e. The summed E-state index contributed by atoms with van der Waals surface area (Å²) >= 11 is 3.24. The first-order valence-electron chi connectivity index (χ1n) is 6.23. The minimum Gasteiger partial charge on any atom is -0.480 e. The fraction of sp³-hybridized carbons (Fsp3) is 0.357. The van der Waals surface area contributed by atoms with Crippen LogP contribution in [-0.2, 0) is 9.59 Å². The lowest BCUT2D eigenvalue weighted by Crippen LogP contribution is -2.45. The highest BCUT2D eigenvalue weighted by molar-refractivity contribution is 9.10. The zero-order valence-corrected chi connectivity index (χ0v) is 12.7. The summed E-state index contributed by atoms with van der Waals surface area (Å²) in [6, 6.07) is 3.81. The second-order valence-corrected chi connectivity index (χ2v) is 6.07. The number of nitrogens with zero attached hydrogens (tertiary/aromatic N) is 1. The molecule has 0 fully saturated rings. The number of carboxylic acids is 1. The van der Waals surface area contributed by atoms with Gasteiger partial charge in [-0.25, -0.2) is 4.79 Å². The van der Waals surface area contributed by atoms with E-state index in [0.717, 1.165) is 4.90 Å². The van der Waals surface area contributed by atoms with Crippen molar-refractivity contribution in [2.45, 2.75) is 26.3 Å². The summed E-state index contributed by atoms with van der Waals surface area (Å²) in [4.78, 5) is 36.6. The Labute approximate surface area is 124 Å². The normalized spacial score (nSPS) is 15.7. The molecule has 0 aliphatic carbocycles. The van der Waals surface area contributed by atoms with Crippen LogP contribution >= 0.6 is 15.9 Å². The van der Waals surface area contributed by atoms with E-state index < -0.39 is 23.7 Å². The van der Waals surface area contributed by atoms with Crippen molar-refractivity contribution in [3.63, 3.8) is 0 Å². The number of carbonyl (C=O) groups is 3. The Kier molecular flexibility index (Phi) is 3.94. The Bertz CT molecular complexity index is 597. The van der Waals surface area contributed by atoms with Gasteiger partial charge in [0.25, 0.3) is 11.7 Å². The standard InChI is InChI=1S/C14H14BrNO4/c1-7(2)5-11(14(19)20)16-10-4-3-8(15)6-9(10)12(17)13(16)18/h3-4,6-7,11H,5H2,1-2H3,(H,19,20). The number of Topliss-reactive ketones (excluding diaryl/α,β-unsaturated/α-hetero) is 1. The summed E-state index contributed by atoms with van der Waals surface area (Å²) in [5, 5.41) is 9.35. The number of aliphatic carboxylic acids is 1. The van der Waals surface area contributed by atoms with Gasteiger partial charge < -0.3 is 5.11 Å². The summed E-state index contributed by atoms with van der Waals surface area (Å²) in [7, 11) is 0. The van der Waals surface area contributed by atoms with Crippen LogP contribution in [0.1, 0.15) is 30.6 Å². The van der Waals surface area contributed by atoms with Crippen molar-refractivity contribution >= 4 is 39.3 Å². The van der Waals surface area contributed by atoms with Crippen LogP contribution in [0.2, 0.25) is 0 Å². The van der Waals surface area contributed by atoms with Gasteiger partial charge in [-0.05, 0) is 30.5 Å². The minimum atomic E-state index is -1.10. The van der Waals surface area contributed by atoms with E-state index in [1.807, 2.05) is 13.8 Å². The van der Waals surface area contributed by atoms with Crippen LogP contribution in [0.15, 0.2) is 22.7 Å². The van der Waals surface area contributed by atoms with Gasteiger partial charge in [-0.3, -0.25) is 14.5 Å². The number of hydrogen-bond acceptors (Lipinski definition) is 3. The summed E-state index contributed by atoms with van der Waals surface area (Å²) in [6.45, 7) is 3.75. The first kappa shape index (κ1) is 14.7. The Balaban J connectivity index is 2.49. The molecule has 20 heavy (non-hydrogen) atoms. The quantitative estimate of drug-likeness (QED) is 0.855. The molecule has 1 aliphatic heterocycles. The molecule has 5 nitrogen and oxygen atoms in total. The van der Waals surface area contributed by atoms with E-state index in [4.69, 9.17) is 0 Å². The van der Waals surface area contributed by atoms with Gasteiger partial charge in [0.1, 0.15) is 6.04 Å². The molecule has 0 saturated heterocycles. The van der Waals surface area contributed by atoms with Crippen LogP contribution in [-0.4, -0.2) is 28.8 Å². The third-order valence-electron chi connectivity index (χ3n) is 3.17. The minimum absolute atomic E-state index is 0.0958. The second-order valence-electron chi connectivity index (χ2n) is 5.15. The predicted octanol–water partition coefficient (Wildman–Crippen LogP) is 2.48. The predicted molar refractivity (Wildman–Crippen MR) is 76.8 cm³/mol. The summed E-state index contributed by atoms with van der Waals surface area (Å²) in [5.74, 6) is -2.43. The van der Waals surface area contributed by atoms with Gasteiger partial charge in [-0.1, -0.05) is 29.8 Å². The Morgan fingerprint density at radius 3 is 2.55 bits per heavy atom. The fourth-order valence-electron chi connectivity index (χ4n) is 2.31. The van der Waals surface area contributed by atoms with Crippen LogP contribution in [0.25, 0.3) is 0 Å². The van der Waals surface area contributed by atoms with E-state index in [1.54, 1.807) is 18.2 Å². The van der Waals surface area contributed by atoms with Crippen LogP contribution < -0.4 is 4.90 Å². The molecule has 106 valence electrons. The maximum absolute atomic E-state index is 12.1. The SMILES string of the molecule is CC(C)CC(C(=O)O)N1C(=O)C(=O)c2cc(Br)ccc21. The number of carbonyl (C=O) groups excluding carboxylic acids is 2. The number of halogens is 1. The molecule has 1 amide bonds. The molecule has 1 aromatic carbocycles. The Morgan fingerprint density at radius 1 is 1.35 bits per heavy atom. The molecular weight excluding hydrogens is 326 g/mol. The van der Waals surface area contributed by atoms with Gasteiger partial charge in [0.05, 0.1) is 11.3 Å². The van der Waals surface area contributed by atoms with E-state index in [9.17, 15) is 19.5 Å². The van der Waals surface area contributed by atoms with Crippen molar-refractivity contribution < 1.29 is 19.5 Å². The lowest BCUT2D eigenvalue weighted by Gasteiger charge is -2.25. The molecule has 1 unspecified atom stereocenters. The number of carboxylic acid groups (broad SMARTS) is 1. The van der Waals surface area contributed by atoms with Crippen molar-refractivity contribution in [1.82, 2.24) is 0 Å². The van der Waals surface area contributed by atoms with E-state index in [0.29, 0.717) is 16.6 Å². The molecular formula is C14H14BrNO4. The Morgan fingerprint density at radius 2 is 2.00 bits per heavy atom. The first-order chi connectivity index (χ1) is 9.32. The van der Waals surface area contributed by atoms with Crippen LogP contribution in [0, 0.1) is 5.92 Å². The fourth-order valence-corrected chi connectivity index (χ4v) is 2.67. The number of rotatable bonds is 4. The van der Waals surface area contributed by atoms with Gasteiger partial charge >= 0.3 is 5.97 Å². The number of ketones is 1. The number of benzene rings is 1. The lowest BCUT2D eigenvalue weighted by molar-refractivity contribution is -0.140. The van der Waals surface area contributed by atoms with Gasteiger partial charge in [-0.2, -0.15) is 0 Å². The number of fused-ring (bicyclic) bond motifs is 1. The van der Waals surface area contributed by atoms with E-state index in [1.165, 1.54) is 0 Å². The summed E-state index contributed by atoms with van der Waals surface area (Å²) in [6.07, 6.45) is 0.295. The highest BCUT2D eigenvalue weighted by Gasteiger charge is 2.42. The highest BCUT2D eigenvalue weighted by Crippen LogP contribution is 2.34. The zero-order valence-electron chi connectivity index (χ0n) is 11.1. The molecule has 1 atom stereocenters. The van der Waals surface area contributed by atoms with Gasteiger partial charge in [0.2, 0.25) is 0 Å². The summed E-state index contributed by atoms with van der Waals surface area (Å²) in [5.41, 5.74) is 0.621. The maximum Gasteiger partial charge on any atom is 0.326 e. The third kappa shape index (κ3) is 2.47. The van der Waals surface area contributed by atoms with Crippen LogP contribution in [0.3, 0.4) is 0 Å². The third-order valence-corrected chi connectivity index (χ3v) is 3.66. The number of amides is 1. The van der Waals surface area contributed by atoms with Crippen molar-refractivity contribution in [1.29, 1.82) is 0 Å². The molecule has 6 heteroatoms. The lowest BCUT2D eigenvalue weighted by atomic mass is 10.0. The number of anilines is 1. The van der Waals surface area contributed by atoms with Gasteiger partial charge in [-0.15, -0.1) is 0 Å². The molecule has 1 aliphatic rings. The van der Waals surface area contributed by atoms with Crippen molar-refractivity contribution in [2.75, 3.05) is 4.90 Å². The van der Waals surface area contributed by atoms with E-state index in [-0.39, 0.29) is 11.5 Å². The molecule has 1 heterocycles. The second kappa shape index (κ2) is 5.36.